The summed E-state index contributed by atoms with van der Waals surface area (Å²) in [6.07, 6.45) is 9.17. The average molecular weight is 959 g/mol. The highest BCUT2D eigenvalue weighted by atomic mass is 32.2. The fourth-order valence-electron chi connectivity index (χ4n) is 9.85. The van der Waals surface area contributed by atoms with Crippen molar-refractivity contribution < 1.29 is 9.47 Å². The Morgan fingerprint density at radius 1 is 0.643 bits per heavy atom. The minimum atomic E-state index is -0.395. The summed E-state index contributed by atoms with van der Waals surface area (Å²) < 4.78 is 13.8. The second-order valence-electron chi connectivity index (χ2n) is 18.5. The van der Waals surface area contributed by atoms with E-state index in [2.05, 4.69) is 134 Å². The molecule has 6 aromatic carbocycles. The van der Waals surface area contributed by atoms with Crippen molar-refractivity contribution in [2.75, 3.05) is 18.5 Å². The zero-order valence-electron chi connectivity index (χ0n) is 40.3. The molecule has 4 heterocycles. The Bertz CT molecular complexity index is 3490. The highest BCUT2D eigenvalue weighted by Gasteiger charge is 2.30. The summed E-state index contributed by atoms with van der Waals surface area (Å²) in [7, 11) is 0. The molecule has 0 saturated heterocycles. The lowest BCUT2D eigenvalue weighted by Gasteiger charge is -2.15. The SMILES string of the molecule is CCCCC(CC)COc1ccc(-c2[nH]/c(=C(/C#N)C3Nc4ccc5ccccc5c4S3)c3c(-c4ccc(OCC(CC)CCCC)cc4)[nH]/c(=C(/C#N)c4nc5ccc6ccccc6c5s4)c23)cc1. The summed E-state index contributed by atoms with van der Waals surface area (Å²) in [6, 6.07) is 46.8. The van der Waals surface area contributed by atoms with E-state index in [-0.39, 0.29) is 0 Å². The summed E-state index contributed by atoms with van der Waals surface area (Å²) in [5, 5.41) is 34.2. The van der Waals surface area contributed by atoms with Gasteiger partial charge in [-0.25, -0.2) is 4.98 Å². The van der Waals surface area contributed by atoms with E-state index in [9.17, 15) is 10.5 Å². The quantitative estimate of drug-likeness (QED) is 0.0783. The molecular weight excluding hydrogens is 901 g/mol. The summed E-state index contributed by atoms with van der Waals surface area (Å²) >= 11 is 3.19. The smallest absolute Gasteiger partial charge is 0.137 e. The molecule has 1 aliphatic heterocycles. The van der Waals surface area contributed by atoms with E-state index < -0.39 is 5.37 Å². The fourth-order valence-corrected chi connectivity index (χ4v) is 12.2. The lowest BCUT2D eigenvalue weighted by atomic mass is 10.0. The van der Waals surface area contributed by atoms with Crippen LogP contribution in [0.3, 0.4) is 0 Å². The summed E-state index contributed by atoms with van der Waals surface area (Å²) in [4.78, 5) is 13.9. The van der Waals surface area contributed by atoms with Gasteiger partial charge in [0.2, 0.25) is 0 Å². The predicted octanol–water partition coefficient (Wildman–Crippen LogP) is 14.9. The van der Waals surface area contributed by atoms with Crippen LogP contribution in [0.15, 0.2) is 126 Å². The van der Waals surface area contributed by atoms with Gasteiger partial charge in [0.1, 0.15) is 39.6 Å². The molecule has 0 amide bonds. The maximum Gasteiger partial charge on any atom is 0.137 e. The largest absolute Gasteiger partial charge is 0.493 e. The molecule has 10 heteroatoms. The number of nitriles is 2. The van der Waals surface area contributed by atoms with Crippen molar-refractivity contribution in [1.82, 2.24) is 15.0 Å². The molecule has 3 unspecified atom stereocenters. The molecule has 0 radical (unpaired) electrons. The van der Waals surface area contributed by atoms with Crippen molar-refractivity contribution in [1.29, 1.82) is 10.5 Å². The van der Waals surface area contributed by atoms with Gasteiger partial charge in [0.25, 0.3) is 0 Å². The zero-order chi connectivity index (χ0) is 48.1. The third-order valence-corrected chi connectivity index (χ3v) is 16.4. The van der Waals surface area contributed by atoms with E-state index >= 15 is 0 Å². The number of hydrogen-bond acceptors (Lipinski definition) is 8. The van der Waals surface area contributed by atoms with E-state index in [1.54, 1.807) is 11.8 Å². The highest BCUT2D eigenvalue weighted by molar-refractivity contribution is 8.01. The monoisotopic (exact) mass is 958 g/mol. The number of ether oxygens (including phenoxy) is 2. The number of thiazole rings is 1. The van der Waals surface area contributed by atoms with Crippen LogP contribution in [0, 0.1) is 34.5 Å². The van der Waals surface area contributed by atoms with Gasteiger partial charge < -0.3 is 24.8 Å². The van der Waals surface area contributed by atoms with Gasteiger partial charge in [0.05, 0.1) is 51.1 Å². The number of nitrogens with zero attached hydrogens (tertiary/aromatic N) is 3. The molecule has 0 spiro atoms. The second kappa shape index (κ2) is 20.9. The number of thioether (sulfide) groups is 1. The van der Waals surface area contributed by atoms with E-state index in [1.807, 2.05) is 42.5 Å². The Labute approximate surface area is 418 Å². The first kappa shape index (κ1) is 46.7. The second-order valence-corrected chi connectivity index (χ2v) is 20.6. The Morgan fingerprint density at radius 2 is 1.20 bits per heavy atom. The normalized spacial score (nSPS) is 15.1. The molecule has 0 saturated carbocycles. The number of anilines is 1. The molecule has 0 bridgehead atoms. The molecule has 3 aromatic heterocycles. The van der Waals surface area contributed by atoms with Crippen LogP contribution in [0.5, 0.6) is 11.5 Å². The van der Waals surface area contributed by atoms with Crippen molar-refractivity contribution in [3.05, 3.63) is 137 Å². The van der Waals surface area contributed by atoms with Crippen LogP contribution in [0.2, 0.25) is 0 Å². The molecular formula is C60H58N6O2S2. The van der Waals surface area contributed by atoms with Gasteiger partial charge in [-0.2, -0.15) is 10.5 Å². The van der Waals surface area contributed by atoms with Gasteiger partial charge in [0, 0.05) is 26.7 Å². The van der Waals surface area contributed by atoms with Crippen LogP contribution in [-0.4, -0.2) is 33.5 Å². The number of H-pyrrole nitrogens is 2. The fraction of sp³-hybridized carbons (Fsp3) is 0.283. The Hall–Kier alpha value is -6.98. The maximum absolute atomic E-state index is 11.4. The number of aromatic nitrogens is 3. The first-order chi connectivity index (χ1) is 34.4. The van der Waals surface area contributed by atoms with E-state index in [0.29, 0.717) is 51.9 Å². The van der Waals surface area contributed by atoms with E-state index in [1.165, 1.54) is 37.0 Å². The molecule has 8 nitrogen and oxygen atoms in total. The number of nitrogens with one attached hydrogen (secondary N) is 3. The van der Waals surface area contributed by atoms with Gasteiger partial charge >= 0.3 is 0 Å². The van der Waals surface area contributed by atoms with Crippen LogP contribution in [0.4, 0.5) is 5.69 Å². The van der Waals surface area contributed by atoms with Crippen molar-refractivity contribution in [2.45, 2.75) is 89.3 Å². The molecule has 9 aromatic rings. The Balaban J connectivity index is 1.19. The molecule has 70 heavy (non-hydrogen) atoms. The van der Waals surface area contributed by atoms with Crippen molar-refractivity contribution in [3.8, 4) is 46.2 Å². The Morgan fingerprint density at radius 3 is 1.79 bits per heavy atom. The van der Waals surface area contributed by atoms with Crippen molar-refractivity contribution in [2.24, 2.45) is 11.8 Å². The number of unbranched alkanes of at least 4 members (excludes halogenated alkanes) is 2. The first-order valence-electron chi connectivity index (χ1n) is 25.0. The Kier molecular flexibility index (Phi) is 14.0. The van der Waals surface area contributed by atoms with E-state index in [4.69, 9.17) is 14.5 Å². The number of fused-ring (bicyclic) bond motifs is 7. The number of aromatic amines is 2. The average Bonchev–Trinajstić information content (AvgIpc) is 4.21. The number of rotatable bonds is 18. The molecule has 1 aliphatic rings. The summed E-state index contributed by atoms with van der Waals surface area (Å²) in [6.45, 7) is 10.3. The number of hydrogen-bond donors (Lipinski definition) is 3. The predicted molar refractivity (Wildman–Crippen MR) is 292 cm³/mol. The molecule has 352 valence electrons. The minimum absolute atomic E-state index is 0.395. The van der Waals surface area contributed by atoms with Gasteiger partial charge in [-0.05, 0) is 113 Å². The van der Waals surface area contributed by atoms with E-state index in [0.717, 1.165) is 113 Å². The third kappa shape index (κ3) is 9.15. The minimum Gasteiger partial charge on any atom is -0.493 e. The van der Waals surface area contributed by atoms with Crippen molar-refractivity contribution >= 4 is 82.5 Å². The lowest BCUT2D eigenvalue weighted by Crippen LogP contribution is -2.20. The molecule has 10 rings (SSSR count). The third-order valence-electron chi connectivity index (χ3n) is 14.0. The molecule has 3 N–H and O–H groups in total. The topological polar surface area (TPSA) is 123 Å². The molecule has 0 fully saturated rings. The zero-order valence-corrected chi connectivity index (χ0v) is 42.0. The van der Waals surface area contributed by atoms with Gasteiger partial charge in [-0.15, -0.1) is 11.3 Å². The van der Waals surface area contributed by atoms with Crippen molar-refractivity contribution in [3.63, 3.8) is 0 Å². The van der Waals surface area contributed by atoms with Gasteiger partial charge in [-0.3, -0.25) is 0 Å². The van der Waals surface area contributed by atoms with Crippen LogP contribution < -0.4 is 25.5 Å². The van der Waals surface area contributed by atoms with Gasteiger partial charge in [-0.1, -0.05) is 139 Å². The van der Waals surface area contributed by atoms with Crippen LogP contribution >= 0.6 is 23.1 Å². The van der Waals surface area contributed by atoms with Crippen LogP contribution in [-0.2, 0) is 0 Å². The lowest BCUT2D eigenvalue weighted by molar-refractivity contribution is 0.233. The summed E-state index contributed by atoms with van der Waals surface area (Å²) in [5.74, 6) is 2.61. The van der Waals surface area contributed by atoms with Crippen LogP contribution in [0.25, 0.3) is 76.2 Å². The molecule has 3 atom stereocenters. The van der Waals surface area contributed by atoms with Gasteiger partial charge in [0.15, 0.2) is 0 Å². The first-order valence-corrected chi connectivity index (χ1v) is 26.6. The summed E-state index contributed by atoms with van der Waals surface area (Å²) in [5.41, 5.74) is 6.19. The highest BCUT2D eigenvalue weighted by Crippen LogP contribution is 2.46. The maximum atomic E-state index is 11.4. The van der Waals surface area contributed by atoms with Crippen LogP contribution in [0.1, 0.15) is 84.1 Å². The number of benzene rings is 6. The molecule has 0 aliphatic carbocycles. The standard InChI is InChI=1S/C60H58N6O2S2/c1-5-9-15-37(7-3)35-67-43-27-21-41(22-28-43)53-51-52(56(65-53)48(34-62)60-64-50-32-26-40-18-12-14-20-46(40)58(50)70-60)54(42-23-29-44(30-24-42)68-36-38(8-4)16-10-6-2)66-55(51)47(33-61)59-63-49-31-25-39-17-11-13-19-45(39)57(49)69-59/h11-14,17-32,37-38,59,63,65-66H,5-10,15-16,35-36H2,1-4H3/b55-47-,56-48-.